The highest BCUT2D eigenvalue weighted by molar-refractivity contribution is 7.16. The number of esters is 1. The van der Waals surface area contributed by atoms with E-state index in [1.807, 2.05) is 12.1 Å². The molecule has 6 heteroatoms. The third kappa shape index (κ3) is 6.35. The van der Waals surface area contributed by atoms with Crippen LogP contribution in [0.1, 0.15) is 18.2 Å². The first-order valence-corrected chi connectivity index (χ1v) is 7.10. The van der Waals surface area contributed by atoms with Crippen LogP contribution in [0.4, 0.5) is 0 Å². The highest BCUT2D eigenvalue weighted by atomic mass is 35.5. The molecule has 1 atom stereocenters. The van der Waals surface area contributed by atoms with Crippen molar-refractivity contribution in [1.82, 2.24) is 5.32 Å². The zero-order valence-corrected chi connectivity index (χ0v) is 11.9. The van der Waals surface area contributed by atoms with E-state index in [4.69, 9.17) is 16.3 Å². The van der Waals surface area contributed by atoms with Gasteiger partial charge in [0.15, 0.2) is 0 Å². The van der Waals surface area contributed by atoms with E-state index < -0.39 is 6.10 Å². The average Bonchev–Trinajstić information content (AvgIpc) is 2.71. The molecule has 1 aromatic heterocycles. The molecule has 0 aliphatic heterocycles. The Balaban J connectivity index is 2.08. The maximum absolute atomic E-state index is 11.1. The first kappa shape index (κ1) is 15.4. The standard InChI is InChI=1S/C12H18ClNO3S/c1-2-17-12(16)7-9(15)8-14-6-5-10-3-4-11(13)18-10/h3-4,9,14-15H,2,5-8H2,1H3. The zero-order chi connectivity index (χ0) is 13.4. The molecule has 4 nitrogen and oxygen atoms in total. The molecule has 0 fully saturated rings. The number of rotatable bonds is 8. The number of hydrogen-bond donors (Lipinski definition) is 2. The highest BCUT2D eigenvalue weighted by Gasteiger charge is 2.10. The van der Waals surface area contributed by atoms with Crippen LogP contribution in [0.25, 0.3) is 0 Å². The van der Waals surface area contributed by atoms with Crippen LogP contribution < -0.4 is 5.32 Å². The van der Waals surface area contributed by atoms with Crippen LogP contribution in [0.2, 0.25) is 4.34 Å². The summed E-state index contributed by atoms with van der Waals surface area (Å²) >= 11 is 7.37. The van der Waals surface area contributed by atoms with Crippen LogP contribution in [-0.2, 0) is 16.0 Å². The Hall–Kier alpha value is -0.620. The van der Waals surface area contributed by atoms with Gasteiger partial charge in [-0.1, -0.05) is 11.6 Å². The fourth-order valence-corrected chi connectivity index (χ4v) is 2.54. The van der Waals surface area contributed by atoms with Crippen molar-refractivity contribution in [3.63, 3.8) is 0 Å². The Kier molecular flexibility index (Phi) is 7.27. The van der Waals surface area contributed by atoms with E-state index in [1.54, 1.807) is 18.3 Å². The third-order valence-electron chi connectivity index (χ3n) is 2.26. The van der Waals surface area contributed by atoms with Crippen molar-refractivity contribution >= 4 is 28.9 Å². The molecule has 0 saturated heterocycles. The minimum Gasteiger partial charge on any atom is -0.466 e. The number of nitrogens with one attached hydrogen (secondary N) is 1. The fraction of sp³-hybridized carbons (Fsp3) is 0.583. The molecule has 1 rings (SSSR count). The SMILES string of the molecule is CCOC(=O)CC(O)CNCCc1ccc(Cl)s1. The van der Waals surface area contributed by atoms with E-state index in [-0.39, 0.29) is 12.4 Å². The van der Waals surface area contributed by atoms with Crippen molar-refractivity contribution in [2.45, 2.75) is 25.9 Å². The van der Waals surface area contributed by atoms with E-state index in [0.29, 0.717) is 13.2 Å². The Morgan fingerprint density at radius 1 is 1.61 bits per heavy atom. The molecule has 0 amide bonds. The first-order chi connectivity index (χ1) is 8.61. The predicted molar refractivity (Wildman–Crippen MR) is 73.2 cm³/mol. The van der Waals surface area contributed by atoms with E-state index >= 15 is 0 Å². The van der Waals surface area contributed by atoms with Gasteiger partial charge in [-0.2, -0.15) is 0 Å². The van der Waals surface area contributed by atoms with Gasteiger partial charge >= 0.3 is 5.97 Å². The van der Waals surface area contributed by atoms with Crippen molar-refractivity contribution in [3.8, 4) is 0 Å². The van der Waals surface area contributed by atoms with Crippen molar-refractivity contribution in [2.24, 2.45) is 0 Å². The van der Waals surface area contributed by atoms with Gasteiger partial charge in [0, 0.05) is 18.0 Å². The van der Waals surface area contributed by atoms with Gasteiger partial charge in [-0.25, -0.2) is 0 Å². The average molecular weight is 292 g/mol. The lowest BCUT2D eigenvalue weighted by atomic mass is 10.2. The minimum atomic E-state index is -0.698. The lowest BCUT2D eigenvalue weighted by molar-refractivity contribution is -0.145. The molecule has 0 radical (unpaired) electrons. The van der Waals surface area contributed by atoms with Crippen molar-refractivity contribution in [3.05, 3.63) is 21.3 Å². The summed E-state index contributed by atoms with van der Waals surface area (Å²) in [5.74, 6) is -0.364. The third-order valence-corrected chi connectivity index (χ3v) is 3.56. The Morgan fingerprint density at radius 3 is 3.00 bits per heavy atom. The topological polar surface area (TPSA) is 58.6 Å². The number of carbonyl (C=O) groups excluding carboxylic acids is 1. The molecule has 0 bridgehead atoms. The van der Waals surface area contributed by atoms with Crippen LogP contribution in [0, 0.1) is 0 Å². The normalized spacial score (nSPS) is 12.4. The number of ether oxygens (including phenoxy) is 1. The minimum absolute atomic E-state index is 0.0334. The summed E-state index contributed by atoms with van der Waals surface area (Å²) in [6.45, 7) is 3.22. The molecular weight excluding hydrogens is 274 g/mol. The number of aliphatic hydroxyl groups excluding tert-OH is 1. The van der Waals surface area contributed by atoms with E-state index in [0.717, 1.165) is 17.3 Å². The molecular formula is C12H18ClNO3S. The number of hydrogen-bond acceptors (Lipinski definition) is 5. The second kappa shape index (κ2) is 8.48. The largest absolute Gasteiger partial charge is 0.466 e. The summed E-state index contributed by atoms with van der Waals surface area (Å²) in [5, 5.41) is 12.7. The molecule has 0 spiro atoms. The molecule has 102 valence electrons. The van der Waals surface area contributed by atoms with Gasteiger partial charge in [0.1, 0.15) is 0 Å². The van der Waals surface area contributed by atoms with Gasteiger partial charge in [-0.15, -0.1) is 11.3 Å². The first-order valence-electron chi connectivity index (χ1n) is 5.90. The van der Waals surface area contributed by atoms with Gasteiger partial charge in [0.05, 0.1) is 23.5 Å². The summed E-state index contributed by atoms with van der Waals surface area (Å²) < 4.78 is 5.54. The van der Waals surface area contributed by atoms with E-state index in [1.165, 1.54) is 4.88 Å². The quantitative estimate of drug-likeness (QED) is 0.567. The van der Waals surface area contributed by atoms with Gasteiger partial charge in [0.2, 0.25) is 0 Å². The predicted octanol–water partition coefficient (Wildman–Crippen LogP) is 1.85. The van der Waals surface area contributed by atoms with Crippen LogP contribution in [0.3, 0.4) is 0 Å². The number of aliphatic hydroxyl groups is 1. The molecule has 0 aromatic carbocycles. The van der Waals surface area contributed by atoms with E-state index in [9.17, 15) is 9.90 Å². The summed E-state index contributed by atoms with van der Waals surface area (Å²) in [7, 11) is 0. The number of carbonyl (C=O) groups is 1. The Labute approximate surface area is 116 Å². The molecule has 18 heavy (non-hydrogen) atoms. The summed E-state index contributed by atoms with van der Waals surface area (Å²) in [6, 6.07) is 3.86. The van der Waals surface area contributed by atoms with Crippen LogP contribution in [-0.4, -0.2) is 36.9 Å². The van der Waals surface area contributed by atoms with E-state index in [2.05, 4.69) is 5.32 Å². The maximum atomic E-state index is 11.1. The van der Waals surface area contributed by atoms with Crippen molar-refractivity contribution in [1.29, 1.82) is 0 Å². The summed E-state index contributed by atoms with van der Waals surface area (Å²) in [5.41, 5.74) is 0. The Bertz CT molecular complexity index is 370. The molecule has 0 aliphatic carbocycles. The van der Waals surface area contributed by atoms with Gasteiger partial charge < -0.3 is 15.2 Å². The zero-order valence-electron chi connectivity index (χ0n) is 10.3. The lowest BCUT2D eigenvalue weighted by Gasteiger charge is -2.10. The Morgan fingerprint density at radius 2 is 2.39 bits per heavy atom. The molecule has 1 aromatic rings. The van der Waals surface area contributed by atoms with Crippen LogP contribution >= 0.6 is 22.9 Å². The molecule has 2 N–H and O–H groups in total. The number of thiophene rings is 1. The fourth-order valence-electron chi connectivity index (χ4n) is 1.45. The smallest absolute Gasteiger partial charge is 0.308 e. The highest BCUT2D eigenvalue weighted by Crippen LogP contribution is 2.21. The van der Waals surface area contributed by atoms with Gasteiger partial charge in [-0.3, -0.25) is 4.79 Å². The molecule has 0 aliphatic rings. The van der Waals surface area contributed by atoms with Crippen molar-refractivity contribution in [2.75, 3.05) is 19.7 Å². The number of halogens is 1. The van der Waals surface area contributed by atoms with Crippen LogP contribution in [0.15, 0.2) is 12.1 Å². The lowest BCUT2D eigenvalue weighted by Crippen LogP contribution is -2.30. The molecule has 0 saturated carbocycles. The van der Waals surface area contributed by atoms with Gasteiger partial charge in [0.25, 0.3) is 0 Å². The maximum Gasteiger partial charge on any atom is 0.308 e. The second-order valence-electron chi connectivity index (χ2n) is 3.82. The summed E-state index contributed by atoms with van der Waals surface area (Å²) in [6.07, 6.45) is 0.200. The van der Waals surface area contributed by atoms with Gasteiger partial charge in [-0.05, 0) is 25.5 Å². The summed E-state index contributed by atoms with van der Waals surface area (Å²) in [4.78, 5) is 12.3. The molecule has 1 heterocycles. The van der Waals surface area contributed by atoms with Crippen LogP contribution in [0.5, 0.6) is 0 Å². The second-order valence-corrected chi connectivity index (χ2v) is 5.62. The van der Waals surface area contributed by atoms with Crippen molar-refractivity contribution < 1.29 is 14.6 Å². The molecule has 1 unspecified atom stereocenters. The monoisotopic (exact) mass is 291 g/mol.